The third-order valence-corrected chi connectivity index (χ3v) is 1.95. The molecule has 0 unspecified atom stereocenters. The van der Waals surface area contributed by atoms with Crippen molar-refractivity contribution in [3.63, 3.8) is 0 Å². The molecule has 3 heteroatoms. The van der Waals surface area contributed by atoms with Crippen LogP contribution in [0.25, 0.3) is 0 Å². The second-order valence-electron chi connectivity index (χ2n) is 3.03. The van der Waals surface area contributed by atoms with E-state index in [4.69, 9.17) is 5.73 Å². The average Bonchev–Trinajstić information content (AvgIpc) is 2.10. The van der Waals surface area contributed by atoms with Crippen LogP contribution in [0.1, 0.15) is 32.6 Å². The number of hydrogen-bond donors (Lipinski definition) is 2. The van der Waals surface area contributed by atoms with Gasteiger partial charge in [0.15, 0.2) is 0 Å². The fourth-order valence-corrected chi connectivity index (χ4v) is 1.09. The molecule has 0 spiro atoms. The Morgan fingerprint density at radius 2 is 2.17 bits per heavy atom. The fourth-order valence-electron chi connectivity index (χ4n) is 1.09. The number of nitrogens with one attached hydrogen (secondary N) is 1. The highest BCUT2D eigenvalue weighted by atomic mass is 16.1. The lowest BCUT2D eigenvalue weighted by molar-refractivity contribution is -0.120. The van der Waals surface area contributed by atoms with Crippen LogP contribution in [-0.2, 0) is 4.79 Å². The second-order valence-corrected chi connectivity index (χ2v) is 3.03. The van der Waals surface area contributed by atoms with Crippen molar-refractivity contribution in [2.24, 2.45) is 5.73 Å². The Labute approximate surface area is 74.7 Å². The molecule has 0 aromatic heterocycles. The monoisotopic (exact) mass is 172 g/mol. The zero-order valence-corrected chi connectivity index (χ0v) is 8.10. The molecule has 0 fully saturated rings. The van der Waals surface area contributed by atoms with E-state index in [1.807, 2.05) is 14.0 Å². The van der Waals surface area contributed by atoms with Crippen molar-refractivity contribution in [2.75, 3.05) is 13.6 Å². The summed E-state index contributed by atoms with van der Waals surface area (Å²) in [6.45, 7) is 2.86. The van der Waals surface area contributed by atoms with Gasteiger partial charge in [-0.05, 0) is 26.4 Å². The minimum atomic E-state index is -0.230. The molecule has 0 aliphatic carbocycles. The maximum atomic E-state index is 11.0. The van der Waals surface area contributed by atoms with E-state index in [0.29, 0.717) is 6.42 Å². The van der Waals surface area contributed by atoms with E-state index in [9.17, 15) is 4.79 Å². The van der Waals surface area contributed by atoms with Gasteiger partial charge in [-0.2, -0.15) is 0 Å². The predicted octanol–water partition coefficient (Wildman–Crippen LogP) is 0.682. The quantitative estimate of drug-likeness (QED) is 0.555. The normalized spacial score (nSPS) is 12.9. The van der Waals surface area contributed by atoms with Crippen molar-refractivity contribution in [1.82, 2.24) is 5.32 Å². The van der Waals surface area contributed by atoms with Crippen molar-refractivity contribution >= 4 is 5.78 Å². The molecule has 0 aliphatic rings. The van der Waals surface area contributed by atoms with E-state index < -0.39 is 0 Å². The van der Waals surface area contributed by atoms with E-state index in [1.54, 1.807) is 0 Å². The van der Waals surface area contributed by atoms with Crippen LogP contribution in [0.4, 0.5) is 0 Å². The highest BCUT2D eigenvalue weighted by molar-refractivity contribution is 5.83. The van der Waals surface area contributed by atoms with Gasteiger partial charge in [0.1, 0.15) is 5.78 Å². The Morgan fingerprint density at radius 1 is 1.50 bits per heavy atom. The zero-order chi connectivity index (χ0) is 9.40. The van der Waals surface area contributed by atoms with Crippen molar-refractivity contribution < 1.29 is 4.79 Å². The largest absolute Gasteiger partial charge is 0.322 e. The first-order valence-corrected chi connectivity index (χ1v) is 4.65. The minimum absolute atomic E-state index is 0.180. The summed E-state index contributed by atoms with van der Waals surface area (Å²) in [5, 5.41) is 3.06. The number of hydrogen-bond acceptors (Lipinski definition) is 3. The average molecular weight is 172 g/mol. The SMILES string of the molecule is CCC(=O)[C@@H](N)CCCCNC. The lowest BCUT2D eigenvalue weighted by atomic mass is 10.0. The van der Waals surface area contributed by atoms with Gasteiger partial charge in [-0.25, -0.2) is 0 Å². The minimum Gasteiger partial charge on any atom is -0.322 e. The summed E-state index contributed by atoms with van der Waals surface area (Å²) >= 11 is 0. The Morgan fingerprint density at radius 3 is 2.67 bits per heavy atom. The Balaban J connectivity index is 3.31. The van der Waals surface area contributed by atoms with Crippen LogP contribution in [0.2, 0.25) is 0 Å². The van der Waals surface area contributed by atoms with Crippen LogP contribution >= 0.6 is 0 Å². The molecule has 0 saturated carbocycles. The standard InChI is InChI=1S/C9H20N2O/c1-3-9(12)8(10)6-4-5-7-11-2/h8,11H,3-7,10H2,1-2H3/t8-/m0/s1. The number of nitrogens with two attached hydrogens (primary N) is 1. The van der Waals surface area contributed by atoms with Crippen molar-refractivity contribution in [3.8, 4) is 0 Å². The number of ketones is 1. The van der Waals surface area contributed by atoms with Gasteiger partial charge >= 0.3 is 0 Å². The van der Waals surface area contributed by atoms with E-state index in [2.05, 4.69) is 5.32 Å². The van der Waals surface area contributed by atoms with Crippen molar-refractivity contribution in [2.45, 2.75) is 38.6 Å². The molecule has 0 saturated heterocycles. The van der Waals surface area contributed by atoms with Gasteiger partial charge in [-0.1, -0.05) is 13.3 Å². The van der Waals surface area contributed by atoms with E-state index in [-0.39, 0.29) is 11.8 Å². The topological polar surface area (TPSA) is 55.1 Å². The van der Waals surface area contributed by atoms with Crippen LogP contribution in [0, 0.1) is 0 Å². The van der Waals surface area contributed by atoms with E-state index >= 15 is 0 Å². The van der Waals surface area contributed by atoms with Crippen LogP contribution in [0.15, 0.2) is 0 Å². The summed E-state index contributed by atoms with van der Waals surface area (Å²) in [7, 11) is 1.93. The zero-order valence-electron chi connectivity index (χ0n) is 8.10. The molecule has 0 aromatic carbocycles. The molecule has 72 valence electrons. The molecular formula is C9H20N2O. The van der Waals surface area contributed by atoms with E-state index in [1.165, 1.54) is 0 Å². The second kappa shape index (κ2) is 7.25. The van der Waals surface area contributed by atoms with Crippen molar-refractivity contribution in [3.05, 3.63) is 0 Å². The summed E-state index contributed by atoms with van der Waals surface area (Å²) in [6, 6.07) is -0.230. The molecular weight excluding hydrogens is 152 g/mol. The van der Waals surface area contributed by atoms with Gasteiger partial charge in [-0.15, -0.1) is 0 Å². The number of Topliss-reactive ketones (excluding diaryl/α,β-unsaturated/α-hetero) is 1. The van der Waals surface area contributed by atoms with Gasteiger partial charge < -0.3 is 11.1 Å². The molecule has 0 bridgehead atoms. The number of carbonyl (C=O) groups excluding carboxylic acids is 1. The molecule has 3 N–H and O–H groups in total. The summed E-state index contributed by atoms with van der Waals surface area (Å²) in [5.41, 5.74) is 5.64. The molecule has 1 atom stereocenters. The summed E-state index contributed by atoms with van der Waals surface area (Å²) in [6.07, 6.45) is 3.52. The number of carbonyl (C=O) groups is 1. The first-order valence-electron chi connectivity index (χ1n) is 4.65. The van der Waals surface area contributed by atoms with Crippen LogP contribution in [0.3, 0.4) is 0 Å². The predicted molar refractivity (Wildman–Crippen MR) is 51.1 cm³/mol. The first kappa shape index (κ1) is 11.6. The summed E-state index contributed by atoms with van der Waals surface area (Å²) in [4.78, 5) is 11.0. The molecule has 3 nitrogen and oxygen atoms in total. The molecule has 0 amide bonds. The molecule has 0 aromatic rings. The lowest BCUT2D eigenvalue weighted by Gasteiger charge is -2.08. The fraction of sp³-hybridized carbons (Fsp3) is 0.889. The van der Waals surface area contributed by atoms with Gasteiger partial charge in [0.25, 0.3) is 0 Å². The smallest absolute Gasteiger partial charge is 0.149 e. The van der Waals surface area contributed by atoms with Crippen molar-refractivity contribution in [1.29, 1.82) is 0 Å². The summed E-state index contributed by atoms with van der Waals surface area (Å²) < 4.78 is 0. The van der Waals surface area contributed by atoms with Gasteiger partial charge in [0, 0.05) is 6.42 Å². The molecule has 12 heavy (non-hydrogen) atoms. The Bertz CT molecular complexity index is 126. The maximum Gasteiger partial charge on any atom is 0.149 e. The molecule has 0 heterocycles. The third kappa shape index (κ3) is 5.27. The molecule has 0 radical (unpaired) electrons. The van der Waals surface area contributed by atoms with Gasteiger partial charge in [0.2, 0.25) is 0 Å². The highest BCUT2D eigenvalue weighted by Gasteiger charge is 2.09. The lowest BCUT2D eigenvalue weighted by Crippen LogP contribution is -2.29. The maximum absolute atomic E-state index is 11.0. The molecule has 0 aliphatic heterocycles. The first-order chi connectivity index (χ1) is 5.72. The van der Waals surface area contributed by atoms with Crippen LogP contribution in [-0.4, -0.2) is 25.4 Å². The highest BCUT2D eigenvalue weighted by Crippen LogP contribution is 2.00. The Hall–Kier alpha value is -0.410. The number of unbranched alkanes of at least 4 members (excludes halogenated alkanes) is 1. The van der Waals surface area contributed by atoms with Crippen LogP contribution < -0.4 is 11.1 Å². The third-order valence-electron chi connectivity index (χ3n) is 1.95. The van der Waals surface area contributed by atoms with Gasteiger partial charge in [-0.3, -0.25) is 4.79 Å². The number of rotatable bonds is 7. The van der Waals surface area contributed by atoms with E-state index in [0.717, 1.165) is 25.8 Å². The summed E-state index contributed by atoms with van der Waals surface area (Å²) in [5.74, 6) is 0.180. The Kier molecular flexibility index (Phi) is 7.00. The van der Waals surface area contributed by atoms with Gasteiger partial charge in [0.05, 0.1) is 6.04 Å². The van der Waals surface area contributed by atoms with Crippen LogP contribution in [0.5, 0.6) is 0 Å². The molecule has 0 rings (SSSR count).